The Morgan fingerprint density at radius 3 is 1.91 bits per heavy atom. The minimum atomic E-state index is -1.41. The molecule has 4 rings (SSSR count). The van der Waals surface area contributed by atoms with Gasteiger partial charge in [0, 0.05) is 18.2 Å². The molecule has 1 N–H and O–H groups in total. The van der Waals surface area contributed by atoms with Gasteiger partial charge in [0.25, 0.3) is 0 Å². The Hall–Kier alpha value is -3.21. The summed E-state index contributed by atoms with van der Waals surface area (Å²) in [6.07, 6.45) is 0. The van der Waals surface area contributed by atoms with Crippen molar-refractivity contribution in [2.75, 3.05) is 0 Å². The average molecular weight is 430 g/mol. The van der Waals surface area contributed by atoms with E-state index in [-0.39, 0.29) is 11.9 Å². The number of halogens is 1. The number of nitrogens with zero attached hydrogens (tertiary/aromatic N) is 1. The van der Waals surface area contributed by atoms with Gasteiger partial charge in [0.15, 0.2) is 5.60 Å². The molecule has 0 aliphatic rings. The van der Waals surface area contributed by atoms with Crippen LogP contribution in [0.15, 0.2) is 101 Å². The maximum atomic E-state index is 14.2. The van der Waals surface area contributed by atoms with E-state index in [9.17, 15) is 9.50 Å². The molecular weight excluding hydrogens is 401 g/mol. The van der Waals surface area contributed by atoms with Crippen LogP contribution in [-0.2, 0) is 18.7 Å². The summed E-state index contributed by atoms with van der Waals surface area (Å²) in [4.78, 5) is 2.14. The highest BCUT2D eigenvalue weighted by molar-refractivity contribution is 5.43. The van der Waals surface area contributed by atoms with E-state index in [1.54, 1.807) is 6.07 Å². The lowest BCUT2D eigenvalue weighted by atomic mass is 9.84. The molecule has 3 nitrogen and oxygen atoms in total. The Bertz CT molecular complexity index is 1100. The van der Waals surface area contributed by atoms with Gasteiger partial charge in [-0.25, -0.2) is 4.39 Å². The minimum Gasteiger partial charge on any atom is -0.461 e. The molecule has 1 aromatic heterocycles. The molecule has 0 unspecified atom stereocenters. The number of aliphatic hydroxyl groups is 1. The number of furan rings is 1. The van der Waals surface area contributed by atoms with Crippen LogP contribution in [0.3, 0.4) is 0 Å². The van der Waals surface area contributed by atoms with Crippen molar-refractivity contribution in [2.45, 2.75) is 38.6 Å². The molecule has 1 heterocycles. The summed E-state index contributed by atoms with van der Waals surface area (Å²) < 4.78 is 20.4. The van der Waals surface area contributed by atoms with Crippen LogP contribution < -0.4 is 0 Å². The van der Waals surface area contributed by atoms with E-state index in [0.29, 0.717) is 24.4 Å². The normalized spacial score (nSPS) is 11.9. The van der Waals surface area contributed by atoms with E-state index in [2.05, 4.69) is 18.7 Å². The van der Waals surface area contributed by atoms with Crippen LogP contribution in [-0.4, -0.2) is 16.0 Å². The molecule has 0 atom stereocenters. The van der Waals surface area contributed by atoms with Gasteiger partial charge in [0.2, 0.25) is 0 Å². The zero-order valence-electron chi connectivity index (χ0n) is 18.4. The van der Waals surface area contributed by atoms with Crippen molar-refractivity contribution in [3.63, 3.8) is 0 Å². The van der Waals surface area contributed by atoms with Gasteiger partial charge in [-0.1, -0.05) is 78.9 Å². The first-order chi connectivity index (χ1) is 15.5. The van der Waals surface area contributed by atoms with E-state index < -0.39 is 5.60 Å². The van der Waals surface area contributed by atoms with Crippen LogP contribution in [0.1, 0.15) is 42.1 Å². The van der Waals surface area contributed by atoms with Crippen LogP contribution in [0.25, 0.3) is 0 Å². The van der Waals surface area contributed by atoms with Crippen molar-refractivity contribution < 1.29 is 13.9 Å². The van der Waals surface area contributed by atoms with E-state index in [0.717, 1.165) is 16.9 Å². The van der Waals surface area contributed by atoms with Crippen molar-refractivity contribution >= 4 is 0 Å². The highest BCUT2D eigenvalue weighted by Gasteiger charge is 2.37. The molecule has 4 aromatic rings. The first-order valence-corrected chi connectivity index (χ1v) is 10.9. The zero-order valence-corrected chi connectivity index (χ0v) is 18.4. The average Bonchev–Trinajstić information content (AvgIpc) is 3.29. The molecule has 0 fully saturated rings. The zero-order chi connectivity index (χ0) is 22.6. The van der Waals surface area contributed by atoms with Crippen molar-refractivity contribution in [1.29, 1.82) is 0 Å². The van der Waals surface area contributed by atoms with Crippen LogP contribution in [0, 0.1) is 5.82 Å². The van der Waals surface area contributed by atoms with E-state index in [1.165, 1.54) is 6.07 Å². The third-order valence-corrected chi connectivity index (χ3v) is 5.82. The maximum Gasteiger partial charge on any atom is 0.173 e. The quantitative estimate of drug-likeness (QED) is 0.367. The molecule has 0 aliphatic carbocycles. The number of benzene rings is 3. The SMILES string of the molecule is CC(C)N(Cc1ccc(C(O)(c2ccccc2)c2ccccc2)o1)Cc1ccccc1F. The van der Waals surface area contributed by atoms with Crippen LogP contribution >= 0.6 is 0 Å². The molecule has 0 saturated carbocycles. The van der Waals surface area contributed by atoms with Crippen LogP contribution in [0.2, 0.25) is 0 Å². The molecule has 4 heteroatoms. The van der Waals surface area contributed by atoms with Crippen LogP contribution in [0.4, 0.5) is 4.39 Å². The first-order valence-electron chi connectivity index (χ1n) is 10.9. The molecule has 0 amide bonds. The standard InChI is InChI=1S/C28H28FNO2/c1-21(2)30(19-22-11-9-10-16-26(22)29)20-25-17-18-27(32-25)28(31,23-12-5-3-6-13-23)24-14-7-4-8-15-24/h3-18,21,31H,19-20H2,1-2H3. The summed E-state index contributed by atoms with van der Waals surface area (Å²) >= 11 is 0. The highest BCUT2D eigenvalue weighted by Crippen LogP contribution is 2.37. The molecule has 0 aliphatic heterocycles. The Morgan fingerprint density at radius 1 is 0.781 bits per heavy atom. The Kier molecular flexibility index (Phi) is 6.54. The monoisotopic (exact) mass is 429 g/mol. The van der Waals surface area contributed by atoms with E-state index in [4.69, 9.17) is 4.42 Å². The van der Waals surface area contributed by atoms with Gasteiger partial charge in [0.1, 0.15) is 17.3 Å². The van der Waals surface area contributed by atoms with Crippen molar-refractivity contribution in [1.82, 2.24) is 4.90 Å². The fourth-order valence-electron chi connectivity index (χ4n) is 3.93. The fraction of sp³-hybridized carbons (Fsp3) is 0.214. The second kappa shape index (κ2) is 9.51. The van der Waals surface area contributed by atoms with Crippen LogP contribution in [0.5, 0.6) is 0 Å². The molecule has 0 radical (unpaired) electrons. The van der Waals surface area contributed by atoms with Gasteiger partial charge < -0.3 is 9.52 Å². The maximum absolute atomic E-state index is 14.2. The lowest BCUT2D eigenvalue weighted by Crippen LogP contribution is -2.30. The van der Waals surface area contributed by atoms with Gasteiger partial charge >= 0.3 is 0 Å². The highest BCUT2D eigenvalue weighted by atomic mass is 19.1. The third kappa shape index (κ3) is 4.52. The summed E-state index contributed by atoms with van der Waals surface area (Å²) in [6.45, 7) is 5.14. The number of rotatable bonds is 8. The Labute approximate surface area is 188 Å². The van der Waals surface area contributed by atoms with E-state index in [1.807, 2.05) is 84.9 Å². The third-order valence-electron chi connectivity index (χ3n) is 5.82. The van der Waals surface area contributed by atoms with Crippen molar-refractivity contribution in [3.8, 4) is 0 Å². The molecule has 3 aromatic carbocycles. The molecule has 32 heavy (non-hydrogen) atoms. The Morgan fingerprint density at radius 2 is 1.34 bits per heavy atom. The second-order valence-electron chi connectivity index (χ2n) is 8.30. The van der Waals surface area contributed by atoms with Crippen molar-refractivity contribution in [2.24, 2.45) is 0 Å². The molecule has 0 saturated heterocycles. The molecule has 0 bridgehead atoms. The summed E-state index contributed by atoms with van der Waals surface area (Å²) in [5.74, 6) is 0.968. The summed E-state index contributed by atoms with van der Waals surface area (Å²) in [5, 5.41) is 11.9. The van der Waals surface area contributed by atoms with Gasteiger partial charge in [0.05, 0.1) is 6.54 Å². The van der Waals surface area contributed by atoms with Gasteiger partial charge in [-0.2, -0.15) is 0 Å². The number of hydrogen-bond donors (Lipinski definition) is 1. The van der Waals surface area contributed by atoms with Crippen molar-refractivity contribution in [3.05, 3.63) is 131 Å². The Balaban J connectivity index is 1.65. The second-order valence-corrected chi connectivity index (χ2v) is 8.30. The fourth-order valence-corrected chi connectivity index (χ4v) is 3.93. The van der Waals surface area contributed by atoms with Gasteiger partial charge in [-0.3, -0.25) is 4.90 Å². The van der Waals surface area contributed by atoms with E-state index >= 15 is 0 Å². The number of hydrogen-bond acceptors (Lipinski definition) is 3. The smallest absolute Gasteiger partial charge is 0.173 e. The summed E-state index contributed by atoms with van der Waals surface area (Å²) in [6, 6.07) is 29.8. The van der Waals surface area contributed by atoms with Gasteiger partial charge in [-0.05, 0) is 43.2 Å². The topological polar surface area (TPSA) is 36.6 Å². The summed E-state index contributed by atoms with van der Waals surface area (Å²) in [5.41, 5.74) is 0.714. The van der Waals surface area contributed by atoms with Gasteiger partial charge in [-0.15, -0.1) is 0 Å². The lowest BCUT2D eigenvalue weighted by Gasteiger charge is -2.28. The predicted molar refractivity (Wildman–Crippen MR) is 124 cm³/mol. The molecule has 164 valence electrons. The lowest BCUT2D eigenvalue weighted by molar-refractivity contribution is 0.0940. The molecular formula is C28H28FNO2. The molecule has 0 spiro atoms. The minimum absolute atomic E-state index is 0.185. The summed E-state index contributed by atoms with van der Waals surface area (Å²) in [7, 11) is 0. The first kappa shape index (κ1) is 22.0. The largest absolute Gasteiger partial charge is 0.461 e. The predicted octanol–water partition coefficient (Wildman–Crippen LogP) is 6.11.